The van der Waals surface area contributed by atoms with Crippen molar-refractivity contribution in [3.8, 4) is 0 Å². The van der Waals surface area contributed by atoms with Crippen LogP contribution in [0.4, 0.5) is 4.79 Å². The summed E-state index contributed by atoms with van der Waals surface area (Å²) >= 11 is 0. The van der Waals surface area contributed by atoms with Gasteiger partial charge in [0.1, 0.15) is 12.2 Å². The lowest BCUT2D eigenvalue weighted by molar-refractivity contribution is -0.134. The van der Waals surface area contributed by atoms with Crippen LogP contribution in [0.1, 0.15) is 6.42 Å². The van der Waals surface area contributed by atoms with E-state index >= 15 is 0 Å². The Labute approximate surface area is 103 Å². The maximum atomic E-state index is 11.5. The van der Waals surface area contributed by atoms with Crippen LogP contribution in [-0.4, -0.2) is 69.2 Å². The number of carbonyl (C=O) groups is 2. The van der Waals surface area contributed by atoms with Gasteiger partial charge in [0.2, 0.25) is 5.91 Å². The molecule has 0 aliphatic carbocycles. The van der Waals surface area contributed by atoms with Crippen LogP contribution in [0.2, 0.25) is 1.41 Å². The number of urea groups is 1. The molecule has 0 bridgehead atoms. The molecule has 10 heteroatoms. The third-order valence-corrected chi connectivity index (χ3v) is 2.15. The summed E-state index contributed by atoms with van der Waals surface area (Å²) in [6, 6.07) is -1.34. The minimum absolute atomic E-state index is 0.343. The van der Waals surface area contributed by atoms with E-state index in [1.807, 2.05) is 5.29 Å². The van der Waals surface area contributed by atoms with Crippen LogP contribution < -0.4 is 5.42 Å². The summed E-state index contributed by atoms with van der Waals surface area (Å²) in [4.78, 5) is 32.9. The molecule has 10 nitrogen and oxygen atoms in total. The number of hydrogen-bond acceptors (Lipinski definition) is 8. The Morgan fingerprint density at radius 3 is 2.39 bits per heavy atom. The molecule has 0 heterocycles. The number of carbonyl (C=O) groups excluding carboxylic acids is 2. The SMILES string of the molecule is [2H]N(N=O)C(=O)N(C)C(=O)C[C@@H](O)[C@H](O)[C@H](O)CO. The molecule has 3 atom stereocenters. The summed E-state index contributed by atoms with van der Waals surface area (Å²) in [5, 5.41) is 38.2. The van der Waals surface area contributed by atoms with E-state index in [0.717, 1.165) is 7.05 Å². The molecule has 0 fully saturated rings. The van der Waals surface area contributed by atoms with Gasteiger partial charge in [0.15, 0.2) is 1.41 Å². The zero-order chi connectivity index (χ0) is 15.2. The quantitative estimate of drug-likeness (QED) is 0.258. The fourth-order valence-corrected chi connectivity index (χ4v) is 1.01. The van der Waals surface area contributed by atoms with Gasteiger partial charge in [-0.25, -0.2) is 4.79 Å². The summed E-state index contributed by atoms with van der Waals surface area (Å²) in [5.41, 5.74) is -0.372. The Balaban J connectivity index is 4.52. The maximum Gasteiger partial charge on any atom is 0.346 e. The van der Waals surface area contributed by atoms with E-state index in [9.17, 15) is 24.7 Å². The van der Waals surface area contributed by atoms with Crippen molar-refractivity contribution < 1.29 is 31.4 Å². The predicted molar refractivity (Wildman–Crippen MR) is 56.8 cm³/mol. The van der Waals surface area contributed by atoms with Gasteiger partial charge in [-0.3, -0.25) is 9.69 Å². The fourth-order valence-electron chi connectivity index (χ4n) is 1.01. The average molecular weight is 266 g/mol. The highest BCUT2D eigenvalue weighted by Gasteiger charge is 2.28. The van der Waals surface area contributed by atoms with E-state index in [4.69, 9.17) is 11.6 Å². The zero-order valence-electron chi connectivity index (χ0n) is 10.5. The number of hydrogen-bond donors (Lipinski definition) is 5. The molecule has 104 valence electrons. The van der Waals surface area contributed by atoms with Gasteiger partial charge in [0.05, 0.1) is 24.4 Å². The topological polar surface area (TPSA) is 160 Å². The third-order valence-electron chi connectivity index (χ3n) is 2.15. The Kier molecular flexibility index (Phi) is 6.14. The monoisotopic (exact) mass is 266 g/mol. The normalized spacial score (nSPS) is 16.2. The number of rotatable bonds is 6. The van der Waals surface area contributed by atoms with Crippen molar-refractivity contribution in [2.45, 2.75) is 24.7 Å². The molecule has 0 aliphatic heterocycles. The van der Waals surface area contributed by atoms with Gasteiger partial charge in [-0.1, -0.05) is 0 Å². The summed E-state index contributed by atoms with van der Waals surface area (Å²) in [5.74, 6) is -1.01. The predicted octanol–water partition coefficient (Wildman–Crippen LogP) is -2.70. The maximum absolute atomic E-state index is 11.5. The minimum atomic E-state index is -1.78. The molecule has 0 aromatic carbocycles. The first-order valence-corrected chi connectivity index (χ1v) is 4.84. The van der Waals surface area contributed by atoms with Crippen LogP contribution >= 0.6 is 0 Å². The highest BCUT2D eigenvalue weighted by atomic mass is 16.4. The van der Waals surface area contributed by atoms with Crippen LogP contribution in [0.5, 0.6) is 0 Å². The second-order valence-corrected chi connectivity index (χ2v) is 3.43. The largest absolute Gasteiger partial charge is 0.394 e. The average Bonchev–Trinajstić information content (AvgIpc) is 2.42. The van der Waals surface area contributed by atoms with E-state index < -0.39 is 43.3 Å². The minimum Gasteiger partial charge on any atom is -0.394 e. The fraction of sp³-hybridized carbons (Fsp3) is 0.750. The van der Waals surface area contributed by atoms with Gasteiger partial charge in [-0.05, 0) is 0 Å². The van der Waals surface area contributed by atoms with Crippen molar-refractivity contribution in [1.82, 2.24) is 10.3 Å². The number of nitroso groups, excluding NO2 is 1. The lowest BCUT2D eigenvalue weighted by Crippen LogP contribution is -2.45. The molecule has 0 saturated heterocycles. The van der Waals surface area contributed by atoms with Crippen molar-refractivity contribution in [2.75, 3.05) is 13.7 Å². The first kappa shape index (κ1) is 14.4. The third kappa shape index (κ3) is 4.71. The van der Waals surface area contributed by atoms with Crippen molar-refractivity contribution >= 4 is 11.9 Å². The molecule has 0 rings (SSSR count). The summed E-state index contributed by atoms with van der Waals surface area (Å²) < 4.78 is 6.74. The Morgan fingerprint density at radius 1 is 1.39 bits per heavy atom. The lowest BCUT2D eigenvalue weighted by Gasteiger charge is -2.22. The second-order valence-electron chi connectivity index (χ2n) is 3.43. The number of aliphatic hydroxyl groups excluding tert-OH is 4. The molecule has 0 aromatic rings. The van der Waals surface area contributed by atoms with Gasteiger partial charge < -0.3 is 20.4 Å². The summed E-state index contributed by atoms with van der Waals surface area (Å²) in [6.07, 6.45) is -5.91. The van der Waals surface area contributed by atoms with Crippen LogP contribution in [0, 0.1) is 4.91 Å². The van der Waals surface area contributed by atoms with Crippen LogP contribution in [0.3, 0.4) is 0 Å². The van der Waals surface area contributed by atoms with Crippen molar-refractivity contribution in [3.63, 3.8) is 0 Å². The smallest absolute Gasteiger partial charge is 0.346 e. The number of aliphatic hydroxyl groups is 4. The van der Waals surface area contributed by atoms with E-state index in [1.54, 1.807) is 0 Å². The van der Waals surface area contributed by atoms with E-state index in [0.29, 0.717) is 4.90 Å². The Morgan fingerprint density at radius 2 is 1.94 bits per heavy atom. The molecular formula is C8H15N3O7. The first-order valence-electron chi connectivity index (χ1n) is 5.28. The lowest BCUT2D eigenvalue weighted by atomic mass is 10.1. The summed E-state index contributed by atoms with van der Waals surface area (Å²) in [6.45, 7) is -0.823. The van der Waals surface area contributed by atoms with Gasteiger partial charge in [0, 0.05) is 7.05 Å². The summed E-state index contributed by atoms with van der Waals surface area (Å²) in [7, 11) is 0.943. The van der Waals surface area contributed by atoms with Crippen LogP contribution in [-0.2, 0) is 4.79 Å². The molecule has 0 spiro atoms. The second kappa shape index (κ2) is 7.66. The van der Waals surface area contributed by atoms with Crippen molar-refractivity contribution in [1.29, 1.82) is 0 Å². The molecule has 3 amide bonds. The van der Waals surface area contributed by atoms with Gasteiger partial charge in [-0.15, -0.1) is 4.91 Å². The first-order chi connectivity index (χ1) is 8.76. The highest BCUT2D eigenvalue weighted by Crippen LogP contribution is 2.06. The molecule has 0 unspecified atom stereocenters. The molecule has 0 aliphatic rings. The molecule has 18 heavy (non-hydrogen) atoms. The van der Waals surface area contributed by atoms with Crippen molar-refractivity contribution in [3.05, 3.63) is 4.91 Å². The molecule has 0 radical (unpaired) electrons. The number of imide groups is 1. The number of nitrogens with one attached hydrogen (secondary N) is 1. The zero-order valence-corrected chi connectivity index (χ0v) is 9.50. The standard InChI is InChI=1S/C8H15N3O7/c1-11(8(17)9-10-18)6(15)2-4(13)7(16)5(14)3-12/h4-5,7,12-14,16H,2-3H2,1H3,(H,9,17,18)/t4-,5-,7+/m1/s1/i/hD. The van der Waals surface area contributed by atoms with Gasteiger partial charge >= 0.3 is 6.03 Å². The van der Waals surface area contributed by atoms with Gasteiger partial charge in [-0.2, -0.15) is 5.42 Å². The van der Waals surface area contributed by atoms with E-state index in [1.165, 1.54) is 0 Å². The van der Waals surface area contributed by atoms with Crippen LogP contribution in [0.25, 0.3) is 0 Å². The Hall–Kier alpha value is -1.62. The number of amides is 3. The van der Waals surface area contributed by atoms with E-state index in [2.05, 4.69) is 0 Å². The van der Waals surface area contributed by atoms with Crippen LogP contribution in [0.15, 0.2) is 5.29 Å². The van der Waals surface area contributed by atoms with Gasteiger partial charge in [0.25, 0.3) is 0 Å². The molecule has 0 aromatic heterocycles. The Bertz CT molecular complexity index is 342. The molecule has 0 saturated carbocycles. The highest BCUT2D eigenvalue weighted by molar-refractivity contribution is 5.94. The van der Waals surface area contributed by atoms with E-state index in [-0.39, 0.29) is 5.42 Å². The molecule has 5 N–H and O–H groups in total. The molecular weight excluding hydrogens is 250 g/mol. The number of nitrogens with zero attached hydrogens (tertiary/aromatic N) is 2. The van der Waals surface area contributed by atoms with Crippen molar-refractivity contribution in [2.24, 2.45) is 5.29 Å².